The van der Waals surface area contributed by atoms with Crippen LogP contribution in [0.4, 0.5) is 18.0 Å². The molecule has 3 amide bonds. The smallest absolute Gasteiger partial charge is 0.406 e. The zero-order valence-electron chi connectivity index (χ0n) is 20.4. The van der Waals surface area contributed by atoms with Gasteiger partial charge in [-0.05, 0) is 54.8 Å². The number of benzene rings is 3. The third-order valence-electron chi connectivity index (χ3n) is 5.58. The second-order valence-corrected chi connectivity index (χ2v) is 8.33. The molecule has 0 saturated carbocycles. The van der Waals surface area contributed by atoms with Crippen molar-refractivity contribution in [3.05, 3.63) is 101 Å². The van der Waals surface area contributed by atoms with Gasteiger partial charge in [0.25, 0.3) is 5.91 Å². The molecule has 3 aromatic rings. The average Bonchev–Trinajstić information content (AvgIpc) is 2.89. The van der Waals surface area contributed by atoms with E-state index >= 15 is 0 Å². The second kappa shape index (κ2) is 12.7. The van der Waals surface area contributed by atoms with Crippen LogP contribution >= 0.6 is 0 Å². The molecule has 0 aliphatic heterocycles. The first kappa shape index (κ1) is 28.1. The number of hydrogen-bond donors (Lipinski definition) is 3. The standard InChI is InChI=1S/C28H26F3N3O4/c1-19(34(37)27(32)36)10-11-20-6-5-9-23(18-20)26(35)33-17-16-25(21-7-3-2-4-8-21)22-12-14-24(15-13-22)38-28(29,30)31/h2-9,12-15,18-19,25,37H,16-17H2,1H3,(H2,32,36)(H,33,35). The van der Waals surface area contributed by atoms with Gasteiger partial charge in [-0.2, -0.15) is 5.06 Å². The normalized spacial score (nSPS) is 12.4. The van der Waals surface area contributed by atoms with Crippen molar-refractivity contribution < 1.29 is 32.7 Å². The van der Waals surface area contributed by atoms with Crippen LogP contribution in [-0.4, -0.2) is 41.2 Å². The number of alkyl halides is 3. The highest BCUT2D eigenvalue weighted by Gasteiger charge is 2.31. The van der Waals surface area contributed by atoms with E-state index in [4.69, 9.17) is 5.73 Å². The summed E-state index contributed by atoms with van der Waals surface area (Å²) in [6.07, 6.45) is -4.28. The molecule has 198 valence electrons. The summed E-state index contributed by atoms with van der Waals surface area (Å²) in [5.74, 6) is 4.66. The molecule has 3 aromatic carbocycles. The maximum Gasteiger partial charge on any atom is 0.573 e. The van der Waals surface area contributed by atoms with E-state index in [1.807, 2.05) is 30.3 Å². The van der Waals surface area contributed by atoms with Crippen molar-refractivity contribution in [1.82, 2.24) is 10.4 Å². The van der Waals surface area contributed by atoms with Gasteiger partial charge < -0.3 is 15.8 Å². The summed E-state index contributed by atoms with van der Waals surface area (Å²) in [6, 6.07) is 19.8. The van der Waals surface area contributed by atoms with Crippen LogP contribution in [0.2, 0.25) is 0 Å². The summed E-state index contributed by atoms with van der Waals surface area (Å²) in [5.41, 5.74) is 7.61. The molecule has 2 atom stereocenters. The SMILES string of the molecule is CC(C#Cc1cccc(C(=O)NCCC(c2ccccc2)c2ccc(OC(F)(F)F)cc2)c1)N(O)C(N)=O. The van der Waals surface area contributed by atoms with Gasteiger partial charge in [0.1, 0.15) is 11.8 Å². The van der Waals surface area contributed by atoms with Crippen LogP contribution in [0.5, 0.6) is 5.75 Å². The van der Waals surface area contributed by atoms with E-state index in [0.29, 0.717) is 29.2 Å². The van der Waals surface area contributed by atoms with Crippen molar-refractivity contribution in [2.24, 2.45) is 5.73 Å². The Morgan fingerprint density at radius 2 is 1.68 bits per heavy atom. The van der Waals surface area contributed by atoms with Crippen LogP contribution in [0.25, 0.3) is 0 Å². The molecule has 0 radical (unpaired) electrons. The Balaban J connectivity index is 1.68. The molecule has 7 nitrogen and oxygen atoms in total. The van der Waals surface area contributed by atoms with Crippen LogP contribution in [-0.2, 0) is 0 Å². The van der Waals surface area contributed by atoms with E-state index < -0.39 is 18.4 Å². The van der Waals surface area contributed by atoms with Crippen LogP contribution in [0.3, 0.4) is 0 Å². The first-order chi connectivity index (χ1) is 18.0. The third kappa shape index (κ3) is 8.28. The fourth-order valence-corrected chi connectivity index (χ4v) is 3.72. The lowest BCUT2D eigenvalue weighted by Gasteiger charge is -2.19. The predicted octanol–water partition coefficient (Wildman–Crippen LogP) is 5.05. The van der Waals surface area contributed by atoms with E-state index in [-0.39, 0.29) is 17.6 Å². The maximum absolute atomic E-state index is 12.8. The molecule has 4 N–H and O–H groups in total. The van der Waals surface area contributed by atoms with Gasteiger partial charge >= 0.3 is 12.4 Å². The molecule has 3 rings (SSSR count). The number of amides is 3. The number of nitrogens with one attached hydrogen (secondary N) is 1. The van der Waals surface area contributed by atoms with Gasteiger partial charge in [-0.1, -0.05) is 60.4 Å². The average molecular weight is 526 g/mol. The largest absolute Gasteiger partial charge is 0.573 e. The molecule has 0 aliphatic rings. The lowest BCUT2D eigenvalue weighted by molar-refractivity contribution is -0.274. The highest BCUT2D eigenvalue weighted by atomic mass is 19.4. The summed E-state index contributed by atoms with van der Waals surface area (Å²) in [5, 5.41) is 12.7. The fourth-order valence-electron chi connectivity index (χ4n) is 3.72. The van der Waals surface area contributed by atoms with Crippen LogP contribution in [0.1, 0.15) is 46.3 Å². The van der Waals surface area contributed by atoms with Gasteiger partial charge in [0, 0.05) is 23.6 Å². The summed E-state index contributed by atoms with van der Waals surface area (Å²) in [4.78, 5) is 23.8. The molecule has 38 heavy (non-hydrogen) atoms. The molecule has 2 unspecified atom stereocenters. The van der Waals surface area contributed by atoms with E-state index in [9.17, 15) is 28.0 Å². The number of primary amides is 1. The highest BCUT2D eigenvalue weighted by molar-refractivity contribution is 5.94. The monoisotopic (exact) mass is 525 g/mol. The zero-order valence-corrected chi connectivity index (χ0v) is 20.4. The Kier molecular flexibility index (Phi) is 9.35. The molecule has 10 heteroatoms. The minimum absolute atomic E-state index is 0.179. The molecule has 0 heterocycles. The lowest BCUT2D eigenvalue weighted by atomic mass is 9.88. The summed E-state index contributed by atoms with van der Waals surface area (Å²) in [7, 11) is 0. The molecule has 0 spiro atoms. The Morgan fingerprint density at radius 1 is 1.03 bits per heavy atom. The summed E-state index contributed by atoms with van der Waals surface area (Å²) >= 11 is 0. The maximum atomic E-state index is 12.8. The first-order valence-electron chi connectivity index (χ1n) is 11.6. The zero-order chi connectivity index (χ0) is 27.7. The number of nitrogens with two attached hydrogens (primary N) is 1. The summed E-state index contributed by atoms with van der Waals surface area (Å²) in [6.45, 7) is 1.79. The Labute approximate surface area is 218 Å². The number of carbonyl (C=O) groups excluding carboxylic acids is 2. The van der Waals surface area contributed by atoms with Crippen LogP contribution < -0.4 is 15.8 Å². The van der Waals surface area contributed by atoms with Crippen molar-refractivity contribution >= 4 is 11.9 Å². The van der Waals surface area contributed by atoms with Crippen molar-refractivity contribution in [2.75, 3.05) is 6.54 Å². The Bertz CT molecular complexity index is 1300. The van der Waals surface area contributed by atoms with Crippen LogP contribution in [0, 0.1) is 11.8 Å². The fraction of sp³-hybridized carbons (Fsp3) is 0.214. The number of ether oxygens (including phenoxy) is 1. The number of hydroxylamine groups is 2. The number of halogens is 3. The first-order valence-corrected chi connectivity index (χ1v) is 11.6. The van der Waals surface area contributed by atoms with E-state index in [0.717, 1.165) is 11.1 Å². The van der Waals surface area contributed by atoms with Crippen molar-refractivity contribution in [3.63, 3.8) is 0 Å². The lowest BCUT2D eigenvalue weighted by Crippen LogP contribution is -2.38. The molecule has 0 aliphatic carbocycles. The van der Waals surface area contributed by atoms with E-state index in [1.165, 1.54) is 19.1 Å². The van der Waals surface area contributed by atoms with Gasteiger partial charge in [0.05, 0.1) is 0 Å². The molecule has 0 aromatic heterocycles. The van der Waals surface area contributed by atoms with E-state index in [2.05, 4.69) is 21.9 Å². The van der Waals surface area contributed by atoms with Gasteiger partial charge in [0.15, 0.2) is 0 Å². The van der Waals surface area contributed by atoms with Gasteiger partial charge in [-0.3, -0.25) is 10.0 Å². The van der Waals surface area contributed by atoms with Gasteiger partial charge in [0.2, 0.25) is 0 Å². The topological polar surface area (TPSA) is 105 Å². The second-order valence-electron chi connectivity index (χ2n) is 8.33. The number of carbonyl (C=O) groups is 2. The van der Waals surface area contributed by atoms with E-state index in [1.54, 1.807) is 36.4 Å². The quantitative estimate of drug-likeness (QED) is 0.218. The van der Waals surface area contributed by atoms with Crippen LogP contribution in [0.15, 0.2) is 78.9 Å². The van der Waals surface area contributed by atoms with Gasteiger partial charge in [-0.15, -0.1) is 13.2 Å². The molecular formula is C28H26F3N3O4. The summed E-state index contributed by atoms with van der Waals surface area (Å²) < 4.78 is 41.5. The Hall–Kier alpha value is -4.49. The molecule has 0 bridgehead atoms. The molecule has 0 saturated heterocycles. The molecular weight excluding hydrogens is 499 g/mol. The van der Waals surface area contributed by atoms with Gasteiger partial charge in [-0.25, -0.2) is 4.79 Å². The number of nitrogens with zero attached hydrogens (tertiary/aromatic N) is 1. The third-order valence-corrected chi connectivity index (χ3v) is 5.58. The molecule has 0 fully saturated rings. The number of rotatable bonds is 8. The number of hydrogen-bond acceptors (Lipinski definition) is 4. The van der Waals surface area contributed by atoms with Crippen molar-refractivity contribution in [2.45, 2.75) is 31.7 Å². The van der Waals surface area contributed by atoms with Crippen molar-refractivity contribution in [3.8, 4) is 17.6 Å². The minimum atomic E-state index is -4.77. The van der Waals surface area contributed by atoms with Crippen molar-refractivity contribution in [1.29, 1.82) is 0 Å². The number of urea groups is 1. The Morgan fingerprint density at radius 3 is 2.32 bits per heavy atom. The minimum Gasteiger partial charge on any atom is -0.406 e. The highest BCUT2D eigenvalue weighted by Crippen LogP contribution is 2.30. The predicted molar refractivity (Wildman–Crippen MR) is 134 cm³/mol.